The molecular weight excluding hydrogens is 408 g/mol. The molecule has 1 heterocycles. The number of carbonyl (C=O) groups is 1. The Kier molecular flexibility index (Phi) is 5.71. The van der Waals surface area contributed by atoms with Gasteiger partial charge in [0.2, 0.25) is 0 Å². The highest BCUT2D eigenvalue weighted by Gasteiger charge is 2.74. The first-order chi connectivity index (χ1) is 15.5. The maximum atomic E-state index is 11.6. The summed E-state index contributed by atoms with van der Waals surface area (Å²) in [7, 11) is 0. The van der Waals surface area contributed by atoms with Gasteiger partial charge >= 0.3 is 5.97 Å². The number of ether oxygens (including phenoxy) is 2. The number of fused-ring (bicyclic) bond motifs is 4. The van der Waals surface area contributed by atoms with E-state index in [1.54, 1.807) is 5.57 Å². The minimum Gasteiger partial charge on any atom is -0.462 e. The topological polar surface area (TPSA) is 38.8 Å². The van der Waals surface area contributed by atoms with Gasteiger partial charge in [-0.3, -0.25) is 4.79 Å². The molecule has 0 aromatic heterocycles. The fraction of sp³-hybridized carbons (Fsp3) is 0.833. The molecule has 0 N–H and O–H groups in total. The van der Waals surface area contributed by atoms with Gasteiger partial charge in [0.15, 0.2) is 0 Å². The van der Waals surface area contributed by atoms with Gasteiger partial charge in [0.25, 0.3) is 0 Å². The fourth-order valence-electron chi connectivity index (χ4n) is 8.84. The van der Waals surface area contributed by atoms with E-state index in [-0.39, 0.29) is 29.2 Å². The third-order valence-electron chi connectivity index (χ3n) is 11.3. The molecule has 5 rings (SSSR count). The molecule has 5 aliphatic rings. The molecule has 0 amide bonds. The van der Waals surface area contributed by atoms with Gasteiger partial charge in [-0.2, -0.15) is 0 Å². The molecule has 0 bridgehead atoms. The molecule has 3 heteroatoms. The van der Waals surface area contributed by atoms with Gasteiger partial charge in [-0.05, 0) is 79.4 Å². The molecule has 33 heavy (non-hydrogen) atoms. The molecule has 0 radical (unpaired) electrons. The van der Waals surface area contributed by atoms with E-state index in [1.165, 1.54) is 32.6 Å². The van der Waals surface area contributed by atoms with Crippen LogP contribution in [0.4, 0.5) is 0 Å². The first-order valence-corrected chi connectivity index (χ1v) is 13.8. The Balaban J connectivity index is 1.37. The van der Waals surface area contributed by atoms with Crippen LogP contribution in [-0.2, 0) is 14.3 Å². The smallest absolute Gasteiger partial charge is 0.302 e. The molecule has 4 fully saturated rings. The molecule has 0 aromatic rings. The lowest BCUT2D eigenvalue weighted by Crippen LogP contribution is -2.55. The van der Waals surface area contributed by atoms with Crippen LogP contribution in [0.3, 0.4) is 0 Å². The van der Waals surface area contributed by atoms with Gasteiger partial charge in [0, 0.05) is 18.8 Å². The molecule has 3 saturated carbocycles. The van der Waals surface area contributed by atoms with Crippen molar-refractivity contribution in [1.82, 2.24) is 0 Å². The summed E-state index contributed by atoms with van der Waals surface area (Å²) in [6.07, 6.45) is 16.1. The van der Waals surface area contributed by atoms with Crippen molar-refractivity contribution in [2.24, 2.45) is 46.3 Å². The lowest BCUT2D eigenvalue weighted by Gasteiger charge is -2.56. The second kappa shape index (κ2) is 7.97. The molecule has 4 aliphatic carbocycles. The van der Waals surface area contributed by atoms with Crippen LogP contribution in [0.25, 0.3) is 0 Å². The van der Waals surface area contributed by atoms with E-state index in [9.17, 15) is 4.79 Å². The van der Waals surface area contributed by atoms with Gasteiger partial charge in [-0.25, -0.2) is 0 Å². The van der Waals surface area contributed by atoms with Crippen LogP contribution in [0.1, 0.15) is 93.4 Å². The number of rotatable bonds is 5. The maximum absolute atomic E-state index is 11.6. The van der Waals surface area contributed by atoms with Crippen LogP contribution in [0, 0.1) is 46.3 Å². The molecule has 184 valence electrons. The number of allylic oxidation sites excluding steroid dienone is 3. The average molecular weight is 455 g/mol. The minimum absolute atomic E-state index is 0.0288. The van der Waals surface area contributed by atoms with Crippen LogP contribution >= 0.6 is 0 Å². The van der Waals surface area contributed by atoms with Gasteiger partial charge in [-0.15, -0.1) is 0 Å². The van der Waals surface area contributed by atoms with Gasteiger partial charge < -0.3 is 9.47 Å². The molecule has 1 saturated heterocycles. The largest absolute Gasteiger partial charge is 0.462 e. The van der Waals surface area contributed by atoms with E-state index >= 15 is 0 Å². The lowest BCUT2D eigenvalue weighted by molar-refractivity contribution is -0.152. The number of esters is 1. The Morgan fingerprint density at radius 3 is 2.52 bits per heavy atom. The number of carbonyl (C=O) groups excluding carboxylic acids is 1. The first kappa shape index (κ1) is 23.6. The average Bonchev–Trinajstić information content (AvgIpc) is 3.32. The Labute approximate surface area is 201 Å². The van der Waals surface area contributed by atoms with Crippen molar-refractivity contribution in [2.45, 2.75) is 111 Å². The zero-order valence-electron chi connectivity index (χ0n) is 22.0. The highest BCUT2D eigenvalue weighted by molar-refractivity contribution is 5.66. The quantitative estimate of drug-likeness (QED) is 0.252. The molecule has 1 aliphatic heterocycles. The maximum Gasteiger partial charge on any atom is 0.302 e. The second-order valence-corrected chi connectivity index (χ2v) is 13.2. The highest BCUT2D eigenvalue weighted by atomic mass is 16.6. The lowest BCUT2D eigenvalue weighted by atomic mass is 9.47. The SMILES string of the molecule is CC(=O)OC1CCC2(C)C3CCC4(C)C(CCC4C(C)C=CC(C)C(C)C)C3=CC3OC32C1. The summed E-state index contributed by atoms with van der Waals surface area (Å²) in [4.78, 5) is 11.6. The zero-order chi connectivity index (χ0) is 23.8. The van der Waals surface area contributed by atoms with E-state index in [0.29, 0.717) is 35.0 Å². The Morgan fingerprint density at radius 1 is 1.06 bits per heavy atom. The zero-order valence-corrected chi connectivity index (χ0v) is 22.0. The summed E-state index contributed by atoms with van der Waals surface area (Å²) in [6, 6.07) is 0. The summed E-state index contributed by atoms with van der Waals surface area (Å²) >= 11 is 0. The molecule has 0 aromatic carbocycles. The third kappa shape index (κ3) is 3.50. The van der Waals surface area contributed by atoms with Crippen molar-refractivity contribution in [3.63, 3.8) is 0 Å². The summed E-state index contributed by atoms with van der Waals surface area (Å²) in [5.74, 6) is 3.98. The Bertz CT molecular complexity index is 857. The van der Waals surface area contributed by atoms with Gasteiger partial charge in [-0.1, -0.05) is 65.3 Å². The van der Waals surface area contributed by atoms with Crippen LogP contribution in [-0.4, -0.2) is 23.8 Å². The summed E-state index contributed by atoms with van der Waals surface area (Å²) in [5.41, 5.74) is 2.25. The van der Waals surface area contributed by atoms with Gasteiger partial charge in [0.1, 0.15) is 17.8 Å². The van der Waals surface area contributed by atoms with Crippen molar-refractivity contribution in [3.8, 4) is 0 Å². The second-order valence-electron chi connectivity index (χ2n) is 13.2. The van der Waals surface area contributed by atoms with Crippen molar-refractivity contribution in [3.05, 3.63) is 23.8 Å². The monoisotopic (exact) mass is 454 g/mol. The third-order valence-corrected chi connectivity index (χ3v) is 11.3. The van der Waals surface area contributed by atoms with E-state index in [1.807, 2.05) is 0 Å². The summed E-state index contributed by atoms with van der Waals surface area (Å²) in [6.45, 7) is 16.1. The molecule has 1 spiro atoms. The van der Waals surface area contributed by atoms with E-state index in [4.69, 9.17) is 9.47 Å². The van der Waals surface area contributed by atoms with Crippen molar-refractivity contribution >= 4 is 5.97 Å². The summed E-state index contributed by atoms with van der Waals surface area (Å²) < 4.78 is 12.2. The van der Waals surface area contributed by atoms with Crippen molar-refractivity contribution < 1.29 is 14.3 Å². The predicted octanol–water partition coefficient (Wildman–Crippen LogP) is 7.11. The number of hydrogen-bond donors (Lipinski definition) is 0. The van der Waals surface area contributed by atoms with Crippen LogP contribution in [0.2, 0.25) is 0 Å². The molecular formula is C30H46O3. The predicted molar refractivity (Wildman–Crippen MR) is 133 cm³/mol. The van der Waals surface area contributed by atoms with Crippen LogP contribution in [0.5, 0.6) is 0 Å². The highest BCUT2D eigenvalue weighted by Crippen LogP contribution is 2.72. The Hall–Kier alpha value is -1.09. The number of hydrogen-bond acceptors (Lipinski definition) is 3. The van der Waals surface area contributed by atoms with E-state index < -0.39 is 0 Å². The Morgan fingerprint density at radius 2 is 1.82 bits per heavy atom. The first-order valence-electron chi connectivity index (χ1n) is 13.8. The van der Waals surface area contributed by atoms with Gasteiger partial charge in [0.05, 0.1) is 0 Å². The van der Waals surface area contributed by atoms with E-state index in [2.05, 4.69) is 59.8 Å². The normalized spacial score (nSPS) is 47.8. The van der Waals surface area contributed by atoms with E-state index in [0.717, 1.165) is 25.2 Å². The van der Waals surface area contributed by atoms with Crippen molar-refractivity contribution in [2.75, 3.05) is 0 Å². The molecule has 10 unspecified atom stereocenters. The fourth-order valence-corrected chi connectivity index (χ4v) is 8.84. The van der Waals surface area contributed by atoms with Crippen LogP contribution in [0.15, 0.2) is 23.8 Å². The summed E-state index contributed by atoms with van der Waals surface area (Å²) in [5, 5.41) is 0. The number of epoxide rings is 1. The van der Waals surface area contributed by atoms with Crippen molar-refractivity contribution in [1.29, 1.82) is 0 Å². The molecule has 3 nitrogen and oxygen atoms in total. The molecule has 10 atom stereocenters. The standard InChI is InChI=1S/C30H46O3/c1-18(2)19(3)8-9-20(4)24-10-11-25-23-16-27-30(33-27)17-22(32-21(5)31)12-15-29(30,7)26(23)13-14-28(24,25)6/h8-9,16,18-20,22,24-27H,10-15,17H2,1-7H3. The van der Waals surface area contributed by atoms with Crippen LogP contribution < -0.4 is 0 Å². The minimum atomic E-state index is -0.152.